The van der Waals surface area contributed by atoms with E-state index < -0.39 is 10.0 Å². The molecule has 7 nitrogen and oxygen atoms in total. The molecule has 0 saturated carbocycles. The number of aryl methyl sites for hydroxylation is 2. The summed E-state index contributed by atoms with van der Waals surface area (Å²) < 4.78 is 28.1. The number of hydrogen-bond donors (Lipinski definition) is 0. The topological polar surface area (TPSA) is 75.5 Å². The van der Waals surface area contributed by atoms with Gasteiger partial charge in [-0.1, -0.05) is 30.3 Å². The predicted octanol–water partition coefficient (Wildman–Crippen LogP) is 1.44. The normalized spacial score (nSPS) is 25.2. The Balaban J connectivity index is 1.49. The van der Waals surface area contributed by atoms with Gasteiger partial charge in [-0.3, -0.25) is 9.48 Å². The molecule has 3 atom stereocenters. The van der Waals surface area contributed by atoms with Crippen molar-refractivity contribution in [2.45, 2.75) is 18.9 Å². The van der Waals surface area contributed by atoms with E-state index in [0.29, 0.717) is 32.5 Å². The predicted molar refractivity (Wildman–Crippen MR) is 106 cm³/mol. The van der Waals surface area contributed by atoms with Gasteiger partial charge in [-0.25, -0.2) is 8.42 Å². The third kappa shape index (κ3) is 3.58. The fourth-order valence-corrected chi connectivity index (χ4v) is 5.81. The third-order valence-electron chi connectivity index (χ3n) is 6.06. The lowest BCUT2D eigenvalue weighted by atomic mass is 9.90. The average Bonchev–Trinajstić information content (AvgIpc) is 3.33. The second kappa shape index (κ2) is 7.33. The summed E-state index contributed by atoms with van der Waals surface area (Å²) in [5, 5.41) is 4.14. The summed E-state index contributed by atoms with van der Waals surface area (Å²) in [7, 11) is -1.42. The van der Waals surface area contributed by atoms with Crippen LogP contribution >= 0.6 is 0 Å². The molecule has 2 aliphatic rings. The Morgan fingerprint density at radius 3 is 2.54 bits per heavy atom. The smallest absolute Gasteiger partial charge is 0.222 e. The maximum atomic E-state index is 12.8. The molecule has 4 rings (SSSR count). The zero-order valence-electron chi connectivity index (χ0n) is 16.2. The Bertz CT molecular complexity index is 957. The Labute approximate surface area is 166 Å². The van der Waals surface area contributed by atoms with Crippen molar-refractivity contribution in [1.29, 1.82) is 0 Å². The van der Waals surface area contributed by atoms with E-state index in [1.165, 1.54) is 6.26 Å². The van der Waals surface area contributed by atoms with Crippen molar-refractivity contribution >= 4 is 15.9 Å². The fourth-order valence-electron chi connectivity index (χ4n) is 4.65. The molecule has 1 aromatic heterocycles. The number of nitrogens with zero attached hydrogens (tertiary/aromatic N) is 4. The first kappa shape index (κ1) is 19.1. The summed E-state index contributed by atoms with van der Waals surface area (Å²) in [5.41, 5.74) is 2.04. The molecule has 150 valence electrons. The minimum atomic E-state index is -3.30. The molecular weight excluding hydrogens is 376 g/mol. The number of rotatable bonds is 5. The van der Waals surface area contributed by atoms with Crippen LogP contribution in [0.4, 0.5) is 0 Å². The summed E-state index contributed by atoms with van der Waals surface area (Å²) in [5.74, 6) is 0.451. The second-order valence-electron chi connectivity index (χ2n) is 7.86. The van der Waals surface area contributed by atoms with Crippen LogP contribution in [-0.2, 0) is 28.3 Å². The highest BCUT2D eigenvalue weighted by Crippen LogP contribution is 2.46. The number of fused-ring (bicyclic) bond motifs is 1. The van der Waals surface area contributed by atoms with Crippen LogP contribution in [0.2, 0.25) is 0 Å². The summed E-state index contributed by atoms with van der Waals surface area (Å²) in [6.45, 7) is 1.72. The van der Waals surface area contributed by atoms with Crippen molar-refractivity contribution in [3.05, 3.63) is 53.9 Å². The van der Waals surface area contributed by atoms with Crippen LogP contribution in [0, 0.1) is 11.8 Å². The van der Waals surface area contributed by atoms with E-state index in [-0.39, 0.29) is 23.8 Å². The zero-order valence-corrected chi connectivity index (χ0v) is 17.0. The number of benzene rings is 1. The molecule has 2 aliphatic heterocycles. The maximum Gasteiger partial charge on any atom is 0.222 e. The second-order valence-corrected chi connectivity index (χ2v) is 9.79. The molecular formula is C20H26N4O3S. The van der Waals surface area contributed by atoms with Crippen LogP contribution in [0.1, 0.15) is 23.7 Å². The number of aromatic nitrogens is 2. The highest BCUT2D eigenvalue weighted by Gasteiger charge is 2.51. The molecule has 0 bridgehead atoms. The number of carbonyl (C=O) groups is 1. The molecule has 2 saturated heterocycles. The van der Waals surface area contributed by atoms with Gasteiger partial charge < -0.3 is 4.90 Å². The van der Waals surface area contributed by atoms with Gasteiger partial charge in [-0.15, -0.1) is 0 Å². The summed E-state index contributed by atoms with van der Waals surface area (Å²) in [6, 6.07) is 11.5. The van der Waals surface area contributed by atoms with E-state index in [2.05, 4.69) is 5.10 Å². The minimum absolute atomic E-state index is 0.133. The molecule has 0 aliphatic carbocycles. The quantitative estimate of drug-likeness (QED) is 0.759. The first-order chi connectivity index (χ1) is 13.3. The molecule has 28 heavy (non-hydrogen) atoms. The zero-order chi connectivity index (χ0) is 19.9. The highest BCUT2D eigenvalue weighted by molar-refractivity contribution is 7.88. The van der Waals surface area contributed by atoms with Crippen molar-refractivity contribution < 1.29 is 13.2 Å². The van der Waals surface area contributed by atoms with E-state index in [9.17, 15) is 13.2 Å². The fraction of sp³-hybridized carbons (Fsp3) is 0.500. The van der Waals surface area contributed by atoms with E-state index in [4.69, 9.17) is 0 Å². The van der Waals surface area contributed by atoms with E-state index in [1.54, 1.807) is 15.2 Å². The van der Waals surface area contributed by atoms with Crippen molar-refractivity contribution in [2.75, 3.05) is 25.9 Å². The van der Waals surface area contributed by atoms with Gasteiger partial charge in [0.25, 0.3) is 0 Å². The third-order valence-corrected chi connectivity index (χ3v) is 7.29. The van der Waals surface area contributed by atoms with E-state index in [1.807, 2.05) is 48.3 Å². The Morgan fingerprint density at radius 1 is 1.14 bits per heavy atom. The first-order valence-electron chi connectivity index (χ1n) is 9.61. The van der Waals surface area contributed by atoms with Crippen LogP contribution in [-0.4, -0.2) is 59.2 Å². The molecule has 0 unspecified atom stereocenters. The van der Waals surface area contributed by atoms with E-state index in [0.717, 1.165) is 11.3 Å². The molecule has 8 heteroatoms. The average molecular weight is 403 g/mol. The largest absolute Gasteiger partial charge is 0.342 e. The molecule has 0 spiro atoms. The van der Waals surface area contributed by atoms with Gasteiger partial charge in [0.2, 0.25) is 15.9 Å². The van der Waals surface area contributed by atoms with Gasteiger partial charge in [-0.2, -0.15) is 9.40 Å². The lowest BCUT2D eigenvalue weighted by Crippen LogP contribution is -2.37. The summed E-state index contributed by atoms with van der Waals surface area (Å²) in [6.07, 6.45) is 4.13. The molecule has 3 heterocycles. The Hall–Kier alpha value is -2.19. The molecule has 1 amide bonds. The van der Waals surface area contributed by atoms with Gasteiger partial charge in [0.15, 0.2) is 0 Å². The van der Waals surface area contributed by atoms with Crippen LogP contribution in [0.3, 0.4) is 0 Å². The van der Waals surface area contributed by atoms with Gasteiger partial charge in [0, 0.05) is 50.9 Å². The Morgan fingerprint density at radius 2 is 1.89 bits per heavy atom. The first-order valence-corrected chi connectivity index (χ1v) is 11.5. The Kier molecular flexibility index (Phi) is 5.01. The lowest BCUT2D eigenvalue weighted by Gasteiger charge is -2.28. The van der Waals surface area contributed by atoms with Crippen molar-refractivity contribution in [3.63, 3.8) is 0 Å². The monoisotopic (exact) mass is 402 g/mol. The lowest BCUT2D eigenvalue weighted by molar-refractivity contribution is -0.130. The van der Waals surface area contributed by atoms with Crippen molar-refractivity contribution in [2.24, 2.45) is 18.9 Å². The van der Waals surface area contributed by atoms with E-state index >= 15 is 0 Å². The molecule has 2 fully saturated rings. The van der Waals surface area contributed by atoms with Crippen LogP contribution in [0.15, 0.2) is 42.6 Å². The molecule has 2 aromatic rings. The van der Waals surface area contributed by atoms with Gasteiger partial charge >= 0.3 is 0 Å². The van der Waals surface area contributed by atoms with Crippen molar-refractivity contribution in [3.8, 4) is 0 Å². The van der Waals surface area contributed by atoms with Gasteiger partial charge in [-0.05, 0) is 24.0 Å². The maximum absolute atomic E-state index is 12.8. The van der Waals surface area contributed by atoms with Crippen LogP contribution in [0.5, 0.6) is 0 Å². The van der Waals surface area contributed by atoms with Crippen molar-refractivity contribution in [1.82, 2.24) is 19.0 Å². The molecule has 0 radical (unpaired) electrons. The SMILES string of the molecule is Cn1nccc1CCC(=O)N1C[C@@H]2CN(S(C)(=O)=O)[C@@H](c3ccccc3)[C@@H]2C1. The molecule has 0 N–H and O–H groups in total. The number of likely N-dealkylation sites (tertiary alicyclic amines) is 1. The summed E-state index contributed by atoms with van der Waals surface area (Å²) >= 11 is 0. The minimum Gasteiger partial charge on any atom is -0.342 e. The highest BCUT2D eigenvalue weighted by atomic mass is 32.2. The van der Waals surface area contributed by atoms with Crippen LogP contribution < -0.4 is 0 Å². The number of hydrogen-bond acceptors (Lipinski definition) is 4. The number of amides is 1. The van der Waals surface area contributed by atoms with Gasteiger partial charge in [0.05, 0.1) is 12.3 Å². The number of carbonyl (C=O) groups excluding carboxylic acids is 1. The standard InChI is InChI=1S/C20H26N4O3S/c1-22-17(10-11-21-22)8-9-19(25)23-12-16-13-24(28(2,26)27)20(18(16)14-23)15-6-4-3-5-7-15/h3-7,10-11,16,18,20H,8-9,12-14H2,1-2H3/t16-,18-,20+/m1/s1. The number of sulfonamides is 1. The molecule has 1 aromatic carbocycles. The van der Waals surface area contributed by atoms with Crippen LogP contribution in [0.25, 0.3) is 0 Å². The van der Waals surface area contributed by atoms with Gasteiger partial charge in [0.1, 0.15) is 0 Å². The summed E-state index contributed by atoms with van der Waals surface area (Å²) in [4.78, 5) is 14.7.